The third-order valence-electron chi connectivity index (χ3n) is 5.01. The van der Waals surface area contributed by atoms with Crippen molar-refractivity contribution in [2.75, 3.05) is 6.61 Å². The molecule has 158 valence electrons. The Balaban J connectivity index is 1.78. The average Bonchev–Trinajstić information content (AvgIpc) is 3.41. The van der Waals surface area contributed by atoms with Crippen molar-refractivity contribution in [2.45, 2.75) is 25.9 Å². The molecule has 0 saturated carbocycles. The van der Waals surface area contributed by atoms with E-state index in [1.165, 1.54) is 16.2 Å². The number of pyridine rings is 1. The highest BCUT2D eigenvalue weighted by atomic mass is 32.1. The van der Waals surface area contributed by atoms with Crippen LogP contribution in [0.15, 0.2) is 71.9 Å². The summed E-state index contributed by atoms with van der Waals surface area (Å²) in [6.07, 6.45) is 4.18. The maximum absolute atomic E-state index is 13.0. The number of aliphatic hydroxyl groups is 1. The Kier molecular flexibility index (Phi) is 6.13. The summed E-state index contributed by atoms with van der Waals surface area (Å²) >= 11 is 1.44. The molecule has 1 aromatic carbocycles. The van der Waals surface area contributed by atoms with E-state index in [2.05, 4.69) is 4.98 Å². The number of benzene rings is 1. The van der Waals surface area contributed by atoms with Crippen LogP contribution in [0.25, 0.3) is 5.76 Å². The van der Waals surface area contributed by atoms with E-state index in [-0.39, 0.29) is 17.9 Å². The predicted molar refractivity (Wildman–Crippen MR) is 119 cm³/mol. The molecule has 7 heteroatoms. The number of nitrogens with zero attached hydrogens (tertiary/aromatic N) is 2. The molecule has 1 saturated heterocycles. The second-order valence-corrected chi connectivity index (χ2v) is 8.16. The molecule has 1 atom stereocenters. The van der Waals surface area contributed by atoms with Gasteiger partial charge in [-0.1, -0.05) is 31.2 Å². The van der Waals surface area contributed by atoms with Gasteiger partial charge in [-0.15, -0.1) is 11.3 Å². The normalized spacial score (nSPS) is 17.8. The van der Waals surface area contributed by atoms with Gasteiger partial charge in [0, 0.05) is 29.4 Å². The summed E-state index contributed by atoms with van der Waals surface area (Å²) in [7, 11) is 0. The van der Waals surface area contributed by atoms with E-state index in [0.29, 0.717) is 17.9 Å². The second-order valence-electron chi connectivity index (χ2n) is 7.18. The number of amides is 1. The van der Waals surface area contributed by atoms with Crippen molar-refractivity contribution in [3.63, 3.8) is 0 Å². The summed E-state index contributed by atoms with van der Waals surface area (Å²) in [5.74, 6) is -0.933. The number of likely N-dealkylation sites (tertiary alicyclic amines) is 1. The summed E-state index contributed by atoms with van der Waals surface area (Å²) in [5.41, 5.74) is 1.33. The number of ketones is 1. The molecule has 1 amide bonds. The number of Topliss-reactive ketones (excluding diaryl/α,β-unsaturated/α-hetero) is 1. The third kappa shape index (κ3) is 4.22. The van der Waals surface area contributed by atoms with E-state index >= 15 is 0 Å². The molecule has 3 heterocycles. The number of thiophene rings is 1. The van der Waals surface area contributed by atoms with Crippen LogP contribution in [0.5, 0.6) is 5.75 Å². The van der Waals surface area contributed by atoms with Crippen LogP contribution in [0.4, 0.5) is 0 Å². The average molecular weight is 435 g/mol. The summed E-state index contributed by atoms with van der Waals surface area (Å²) in [6, 6.07) is 13.6. The Hall–Kier alpha value is -3.45. The van der Waals surface area contributed by atoms with Gasteiger partial charge in [-0.2, -0.15) is 0 Å². The maximum atomic E-state index is 13.0. The summed E-state index contributed by atoms with van der Waals surface area (Å²) in [4.78, 5) is 32.4. The zero-order chi connectivity index (χ0) is 21.8. The van der Waals surface area contributed by atoms with Crippen LogP contribution in [0, 0.1) is 0 Å². The van der Waals surface area contributed by atoms with Crippen molar-refractivity contribution < 1.29 is 19.4 Å². The molecular weight excluding hydrogens is 412 g/mol. The van der Waals surface area contributed by atoms with E-state index in [4.69, 9.17) is 4.74 Å². The van der Waals surface area contributed by atoms with Gasteiger partial charge in [-0.3, -0.25) is 14.6 Å². The Morgan fingerprint density at radius 3 is 2.77 bits per heavy atom. The molecule has 6 nitrogen and oxygen atoms in total. The minimum atomic E-state index is -0.695. The van der Waals surface area contributed by atoms with Crippen LogP contribution in [0.3, 0.4) is 0 Å². The number of carbonyl (C=O) groups excluding carboxylic acids is 2. The Morgan fingerprint density at radius 1 is 1.19 bits per heavy atom. The minimum Gasteiger partial charge on any atom is -0.507 e. The molecule has 4 rings (SSSR count). The molecule has 0 bridgehead atoms. The molecule has 1 aliphatic rings. The van der Waals surface area contributed by atoms with Gasteiger partial charge in [0.05, 0.1) is 18.2 Å². The lowest BCUT2D eigenvalue weighted by atomic mass is 9.99. The van der Waals surface area contributed by atoms with Crippen LogP contribution < -0.4 is 4.74 Å². The van der Waals surface area contributed by atoms with Gasteiger partial charge < -0.3 is 14.7 Å². The lowest BCUT2D eigenvalue weighted by molar-refractivity contribution is -0.140. The zero-order valence-corrected chi connectivity index (χ0v) is 17.8. The van der Waals surface area contributed by atoms with Crippen molar-refractivity contribution >= 4 is 28.8 Å². The smallest absolute Gasteiger partial charge is 0.295 e. The van der Waals surface area contributed by atoms with E-state index < -0.39 is 17.7 Å². The van der Waals surface area contributed by atoms with Gasteiger partial charge in [-0.25, -0.2) is 0 Å². The van der Waals surface area contributed by atoms with Crippen molar-refractivity contribution in [1.29, 1.82) is 0 Å². The Bertz CT molecular complexity index is 1110. The SMILES string of the molecule is CCCOc1cccc(/C(O)=C2/C(=O)C(=O)N(Cc3cccnc3)C2c2cccs2)c1. The van der Waals surface area contributed by atoms with Gasteiger partial charge in [0.25, 0.3) is 11.7 Å². The van der Waals surface area contributed by atoms with Gasteiger partial charge in [-0.05, 0) is 41.6 Å². The number of carbonyl (C=O) groups is 2. The Labute approximate surface area is 184 Å². The number of rotatable bonds is 7. The van der Waals surface area contributed by atoms with Crippen molar-refractivity contribution in [3.8, 4) is 5.75 Å². The first-order valence-corrected chi connectivity index (χ1v) is 10.9. The number of ether oxygens (including phenoxy) is 1. The fourth-order valence-corrected chi connectivity index (χ4v) is 4.43. The fourth-order valence-electron chi connectivity index (χ4n) is 3.58. The van der Waals surface area contributed by atoms with Crippen molar-refractivity contribution in [3.05, 3.63) is 87.9 Å². The van der Waals surface area contributed by atoms with Crippen LogP contribution >= 0.6 is 11.3 Å². The highest BCUT2D eigenvalue weighted by Gasteiger charge is 2.46. The molecule has 31 heavy (non-hydrogen) atoms. The highest BCUT2D eigenvalue weighted by Crippen LogP contribution is 2.42. The standard InChI is InChI=1S/C24H22N2O4S/c1-2-11-30-18-8-3-7-17(13-18)22(27)20-21(19-9-5-12-31-19)26(24(29)23(20)28)15-16-6-4-10-25-14-16/h3-10,12-14,21,27H,2,11,15H2,1H3/b22-20-. The van der Waals surface area contributed by atoms with Crippen LogP contribution in [0.1, 0.15) is 35.4 Å². The largest absolute Gasteiger partial charge is 0.507 e. The van der Waals surface area contributed by atoms with E-state index in [1.54, 1.807) is 42.7 Å². The molecule has 0 aliphatic carbocycles. The number of aromatic nitrogens is 1. The molecule has 1 aliphatic heterocycles. The third-order valence-corrected chi connectivity index (χ3v) is 5.93. The molecule has 0 spiro atoms. The Morgan fingerprint density at radius 2 is 2.06 bits per heavy atom. The molecule has 1 N–H and O–H groups in total. The molecule has 1 unspecified atom stereocenters. The van der Waals surface area contributed by atoms with Gasteiger partial charge in [0.15, 0.2) is 0 Å². The first-order valence-electron chi connectivity index (χ1n) is 10.0. The van der Waals surface area contributed by atoms with Gasteiger partial charge in [0.2, 0.25) is 0 Å². The lowest BCUT2D eigenvalue weighted by Gasteiger charge is -2.24. The molecule has 1 fully saturated rings. The highest BCUT2D eigenvalue weighted by molar-refractivity contribution is 7.10. The molecule has 0 radical (unpaired) electrons. The summed E-state index contributed by atoms with van der Waals surface area (Å²) in [6.45, 7) is 2.78. The zero-order valence-electron chi connectivity index (χ0n) is 17.0. The minimum absolute atomic E-state index is 0.0870. The van der Waals surface area contributed by atoms with E-state index in [0.717, 1.165) is 16.9 Å². The van der Waals surface area contributed by atoms with Crippen LogP contribution in [-0.4, -0.2) is 33.3 Å². The topological polar surface area (TPSA) is 79.7 Å². The lowest BCUT2D eigenvalue weighted by Crippen LogP contribution is -2.28. The quantitative estimate of drug-likeness (QED) is 0.335. The predicted octanol–water partition coefficient (Wildman–Crippen LogP) is 4.55. The summed E-state index contributed by atoms with van der Waals surface area (Å²) in [5, 5.41) is 13.0. The van der Waals surface area contributed by atoms with Gasteiger partial charge >= 0.3 is 0 Å². The molecular formula is C24H22N2O4S. The maximum Gasteiger partial charge on any atom is 0.295 e. The number of hydrogen-bond donors (Lipinski definition) is 1. The van der Waals surface area contributed by atoms with E-state index in [9.17, 15) is 14.7 Å². The van der Waals surface area contributed by atoms with Crippen LogP contribution in [-0.2, 0) is 16.1 Å². The molecule has 3 aromatic rings. The first kappa shape index (κ1) is 20.8. The number of hydrogen-bond acceptors (Lipinski definition) is 6. The fraction of sp³-hybridized carbons (Fsp3) is 0.208. The van der Waals surface area contributed by atoms with Crippen LogP contribution in [0.2, 0.25) is 0 Å². The summed E-state index contributed by atoms with van der Waals surface area (Å²) < 4.78 is 5.65. The van der Waals surface area contributed by atoms with Crippen molar-refractivity contribution in [1.82, 2.24) is 9.88 Å². The first-order chi connectivity index (χ1) is 15.1. The monoisotopic (exact) mass is 434 g/mol. The number of aliphatic hydroxyl groups excluding tert-OH is 1. The van der Waals surface area contributed by atoms with E-state index in [1.807, 2.05) is 30.5 Å². The van der Waals surface area contributed by atoms with Gasteiger partial charge in [0.1, 0.15) is 11.5 Å². The molecule has 2 aromatic heterocycles. The van der Waals surface area contributed by atoms with Crippen molar-refractivity contribution in [2.24, 2.45) is 0 Å². The second kappa shape index (κ2) is 9.14.